The van der Waals surface area contributed by atoms with E-state index in [1.807, 2.05) is 0 Å². The van der Waals surface area contributed by atoms with Crippen LogP contribution in [0.2, 0.25) is 0 Å². The largest absolute Gasteiger partial charge is 0.505 e. The van der Waals surface area contributed by atoms with Crippen LogP contribution >= 0.6 is 0 Å². The lowest BCUT2D eigenvalue weighted by molar-refractivity contribution is 0.131. The minimum atomic E-state index is -0.592. The number of rotatable bonds is 4. The molecule has 0 spiro atoms. The van der Waals surface area contributed by atoms with Crippen LogP contribution in [-0.4, -0.2) is 22.9 Å². The first-order chi connectivity index (χ1) is 8.18. The maximum Gasteiger partial charge on any atom is 0.165 e. The zero-order valence-electron chi connectivity index (χ0n) is 9.69. The van der Waals surface area contributed by atoms with E-state index in [1.165, 1.54) is 6.07 Å². The van der Waals surface area contributed by atoms with Crippen LogP contribution in [0, 0.1) is 11.7 Å². The summed E-state index contributed by atoms with van der Waals surface area (Å²) in [6, 6.07) is 4.51. The fraction of sp³-hybridized carbons (Fsp3) is 0.538. The molecule has 94 valence electrons. The Morgan fingerprint density at radius 2 is 2.18 bits per heavy atom. The number of benzene rings is 1. The monoisotopic (exact) mass is 239 g/mol. The van der Waals surface area contributed by atoms with Crippen molar-refractivity contribution in [1.82, 2.24) is 5.32 Å². The molecule has 3 N–H and O–H groups in total. The van der Waals surface area contributed by atoms with E-state index in [1.54, 1.807) is 12.1 Å². The second kappa shape index (κ2) is 5.47. The molecular weight excluding hydrogens is 221 g/mol. The number of nitrogens with one attached hydrogen (secondary N) is 1. The first-order valence-electron chi connectivity index (χ1n) is 6.03. The Morgan fingerprint density at radius 1 is 1.35 bits per heavy atom. The molecule has 0 bridgehead atoms. The van der Waals surface area contributed by atoms with E-state index in [4.69, 9.17) is 0 Å². The van der Waals surface area contributed by atoms with Crippen molar-refractivity contribution in [3.05, 3.63) is 29.6 Å². The van der Waals surface area contributed by atoms with Gasteiger partial charge in [0.15, 0.2) is 11.6 Å². The molecular formula is C13H18FNO2. The summed E-state index contributed by atoms with van der Waals surface area (Å²) < 4.78 is 13.1. The topological polar surface area (TPSA) is 52.5 Å². The second-order valence-electron chi connectivity index (χ2n) is 4.64. The van der Waals surface area contributed by atoms with Crippen molar-refractivity contribution < 1.29 is 14.6 Å². The summed E-state index contributed by atoms with van der Waals surface area (Å²) in [6.07, 6.45) is 2.75. The van der Waals surface area contributed by atoms with Crippen LogP contribution in [0.15, 0.2) is 18.2 Å². The minimum absolute atomic E-state index is 0.219. The number of hydrogen-bond acceptors (Lipinski definition) is 3. The highest BCUT2D eigenvalue weighted by molar-refractivity contribution is 5.33. The molecule has 0 aromatic heterocycles. The highest BCUT2D eigenvalue weighted by Crippen LogP contribution is 2.25. The summed E-state index contributed by atoms with van der Waals surface area (Å²) in [4.78, 5) is 0. The molecule has 1 fully saturated rings. The predicted molar refractivity (Wildman–Crippen MR) is 63.1 cm³/mol. The van der Waals surface area contributed by atoms with Gasteiger partial charge in [0.05, 0.1) is 6.10 Å². The van der Waals surface area contributed by atoms with Gasteiger partial charge in [-0.1, -0.05) is 18.6 Å². The SMILES string of the molecule is Oc1c(F)cccc1CNCC1CCCC1O. The van der Waals surface area contributed by atoms with Gasteiger partial charge in [-0.25, -0.2) is 4.39 Å². The number of halogens is 1. The standard InChI is InChI=1S/C13H18FNO2/c14-11-5-1-4-10(13(11)17)8-15-7-9-3-2-6-12(9)16/h1,4-5,9,12,15-17H,2-3,6-8H2. The van der Waals surface area contributed by atoms with Crippen molar-refractivity contribution in [2.24, 2.45) is 5.92 Å². The highest BCUT2D eigenvalue weighted by Gasteiger charge is 2.24. The predicted octanol–water partition coefficient (Wildman–Crippen LogP) is 1.78. The van der Waals surface area contributed by atoms with Crippen LogP contribution in [0.25, 0.3) is 0 Å². The fourth-order valence-electron chi connectivity index (χ4n) is 2.35. The van der Waals surface area contributed by atoms with Gasteiger partial charge in [-0.15, -0.1) is 0 Å². The smallest absolute Gasteiger partial charge is 0.165 e. The number of aliphatic hydroxyl groups is 1. The van der Waals surface area contributed by atoms with Crippen molar-refractivity contribution in [2.75, 3.05) is 6.54 Å². The Morgan fingerprint density at radius 3 is 2.88 bits per heavy atom. The highest BCUT2D eigenvalue weighted by atomic mass is 19.1. The molecule has 1 aromatic rings. The molecule has 0 radical (unpaired) electrons. The van der Waals surface area contributed by atoms with Crippen molar-refractivity contribution >= 4 is 0 Å². The molecule has 2 unspecified atom stereocenters. The third kappa shape index (κ3) is 2.96. The summed E-state index contributed by atoms with van der Waals surface area (Å²) in [5, 5.41) is 22.3. The molecule has 17 heavy (non-hydrogen) atoms. The van der Waals surface area contributed by atoms with Crippen LogP contribution in [0.5, 0.6) is 5.75 Å². The third-order valence-electron chi connectivity index (χ3n) is 3.41. The van der Waals surface area contributed by atoms with Gasteiger partial charge in [0, 0.05) is 18.7 Å². The summed E-state index contributed by atoms with van der Waals surface area (Å²) >= 11 is 0. The lowest BCUT2D eigenvalue weighted by Crippen LogP contribution is -2.27. The van der Waals surface area contributed by atoms with Crippen LogP contribution in [-0.2, 0) is 6.54 Å². The van der Waals surface area contributed by atoms with E-state index < -0.39 is 5.82 Å². The lowest BCUT2D eigenvalue weighted by atomic mass is 10.1. The first kappa shape index (κ1) is 12.3. The number of aromatic hydroxyl groups is 1. The Balaban J connectivity index is 1.84. The van der Waals surface area contributed by atoms with Gasteiger partial charge in [-0.2, -0.15) is 0 Å². The number of hydrogen-bond donors (Lipinski definition) is 3. The molecule has 0 heterocycles. The minimum Gasteiger partial charge on any atom is -0.505 e. The normalized spacial score (nSPS) is 24.1. The van der Waals surface area contributed by atoms with E-state index in [0.717, 1.165) is 19.3 Å². The van der Waals surface area contributed by atoms with Crippen molar-refractivity contribution in [1.29, 1.82) is 0 Å². The number of para-hydroxylation sites is 1. The van der Waals surface area contributed by atoms with Crippen LogP contribution in [0.3, 0.4) is 0 Å². The Labute approximate surface area is 100 Å². The fourth-order valence-corrected chi connectivity index (χ4v) is 2.35. The van der Waals surface area contributed by atoms with Gasteiger partial charge in [0.25, 0.3) is 0 Å². The maximum atomic E-state index is 13.1. The van der Waals surface area contributed by atoms with E-state index in [9.17, 15) is 14.6 Å². The van der Waals surface area contributed by atoms with Gasteiger partial charge in [0.2, 0.25) is 0 Å². The molecule has 0 aliphatic heterocycles. The molecule has 2 rings (SSSR count). The molecule has 1 aliphatic carbocycles. The van der Waals surface area contributed by atoms with E-state index in [-0.39, 0.29) is 17.8 Å². The van der Waals surface area contributed by atoms with E-state index >= 15 is 0 Å². The van der Waals surface area contributed by atoms with Crippen molar-refractivity contribution in [3.8, 4) is 5.75 Å². The molecule has 3 nitrogen and oxygen atoms in total. The maximum absolute atomic E-state index is 13.1. The summed E-state index contributed by atoms with van der Waals surface area (Å²) in [7, 11) is 0. The number of aliphatic hydroxyl groups excluding tert-OH is 1. The zero-order chi connectivity index (χ0) is 12.3. The van der Waals surface area contributed by atoms with Crippen LogP contribution in [0.4, 0.5) is 4.39 Å². The van der Waals surface area contributed by atoms with Crippen molar-refractivity contribution in [2.45, 2.75) is 31.9 Å². The van der Waals surface area contributed by atoms with Gasteiger partial charge in [-0.05, 0) is 24.8 Å². The van der Waals surface area contributed by atoms with Gasteiger partial charge in [0.1, 0.15) is 0 Å². The quantitative estimate of drug-likeness (QED) is 0.750. The third-order valence-corrected chi connectivity index (χ3v) is 3.41. The average Bonchev–Trinajstić information content (AvgIpc) is 2.71. The molecule has 4 heteroatoms. The molecule has 0 amide bonds. The van der Waals surface area contributed by atoms with E-state index in [0.29, 0.717) is 18.7 Å². The molecule has 0 saturated heterocycles. The summed E-state index contributed by atoms with van der Waals surface area (Å²) in [6.45, 7) is 1.13. The van der Waals surface area contributed by atoms with Crippen LogP contribution in [0.1, 0.15) is 24.8 Å². The second-order valence-corrected chi connectivity index (χ2v) is 4.64. The van der Waals surface area contributed by atoms with E-state index in [2.05, 4.69) is 5.32 Å². The van der Waals surface area contributed by atoms with Gasteiger partial charge >= 0.3 is 0 Å². The molecule has 1 aliphatic rings. The van der Waals surface area contributed by atoms with Crippen LogP contribution < -0.4 is 5.32 Å². The first-order valence-corrected chi connectivity index (χ1v) is 6.03. The number of phenolic OH excluding ortho intramolecular Hbond substituents is 1. The lowest BCUT2D eigenvalue weighted by Gasteiger charge is -2.15. The average molecular weight is 239 g/mol. The molecule has 1 aromatic carbocycles. The van der Waals surface area contributed by atoms with Crippen molar-refractivity contribution in [3.63, 3.8) is 0 Å². The van der Waals surface area contributed by atoms with Gasteiger partial charge in [-0.3, -0.25) is 0 Å². The summed E-state index contributed by atoms with van der Waals surface area (Å²) in [5.41, 5.74) is 0.553. The molecule has 2 atom stereocenters. The van der Waals surface area contributed by atoms with Gasteiger partial charge < -0.3 is 15.5 Å². The zero-order valence-corrected chi connectivity index (χ0v) is 9.69. The Hall–Kier alpha value is -1.13. The Kier molecular flexibility index (Phi) is 3.97. The molecule has 1 saturated carbocycles. The Bertz CT molecular complexity index is 384. The summed E-state index contributed by atoms with van der Waals surface area (Å²) in [5.74, 6) is -0.595. The number of phenols is 1.